The zero-order chi connectivity index (χ0) is 23.6. The number of hydrogen-bond donors (Lipinski definition) is 1. The molecule has 0 amide bonds. The lowest BCUT2D eigenvalue weighted by Crippen LogP contribution is -2.60. The molecule has 1 heterocycles. The van der Waals surface area contributed by atoms with Crippen molar-refractivity contribution in [1.29, 1.82) is 0 Å². The molecule has 14 heteroatoms. The molecule has 0 unspecified atom stereocenters. The van der Waals surface area contributed by atoms with Crippen molar-refractivity contribution in [3.8, 4) is 0 Å². The lowest BCUT2D eigenvalue weighted by Gasteiger charge is -2.10. The van der Waals surface area contributed by atoms with E-state index in [0.717, 1.165) is 0 Å². The summed E-state index contributed by atoms with van der Waals surface area (Å²) < 4.78 is -0.881. The number of carbonyl (C=O) groups excluding carboxylic acids is 3. The van der Waals surface area contributed by atoms with E-state index in [1.165, 1.54) is 6.92 Å². The van der Waals surface area contributed by atoms with Crippen molar-refractivity contribution >= 4 is 23.9 Å². The Morgan fingerprint density at radius 2 is 0.933 bits per heavy atom. The number of carboxylic acids is 1. The van der Waals surface area contributed by atoms with Crippen molar-refractivity contribution in [3.63, 3.8) is 0 Å². The van der Waals surface area contributed by atoms with Gasteiger partial charge in [-0.25, -0.2) is 33.6 Å². The quantitative estimate of drug-likeness (QED) is 0.447. The maximum Gasteiger partial charge on any atom is 0.405 e. The predicted octanol–water partition coefficient (Wildman–Crippen LogP) is -2.76. The second kappa shape index (κ2) is 11.2. The maximum atomic E-state index is 11.9. The summed E-state index contributed by atoms with van der Waals surface area (Å²) in [4.78, 5) is 91.9. The van der Waals surface area contributed by atoms with Crippen LogP contribution < -0.4 is 31.6 Å². The molecule has 1 aromatic rings. The summed E-state index contributed by atoms with van der Waals surface area (Å²) in [5.74, 6) is -4.74. The fourth-order valence-electron chi connectivity index (χ4n) is 1.11. The average molecular weight is 425 g/mol. The fourth-order valence-corrected chi connectivity index (χ4v) is 1.11. The molecule has 160 valence electrons. The molecule has 0 aliphatic rings. The van der Waals surface area contributed by atoms with E-state index in [0.29, 0.717) is 18.2 Å². The molecule has 0 saturated heterocycles. The molecule has 1 rings (SSSR count). The highest BCUT2D eigenvalue weighted by Crippen LogP contribution is 1.81. The van der Waals surface area contributed by atoms with E-state index in [1.807, 2.05) is 0 Å². The van der Waals surface area contributed by atoms with Gasteiger partial charge in [-0.15, -0.1) is 0 Å². The third kappa shape index (κ3) is 6.76. The van der Waals surface area contributed by atoms with Crippen LogP contribution in [-0.2, 0) is 19.2 Å². The third-order valence-electron chi connectivity index (χ3n) is 2.45. The Morgan fingerprint density at radius 3 is 1.07 bits per heavy atom. The van der Waals surface area contributed by atoms with Crippen molar-refractivity contribution in [2.24, 2.45) is 0 Å². The Balaban J connectivity index is 0.00000122. The summed E-state index contributed by atoms with van der Waals surface area (Å²) in [6, 6.07) is 0. The molecule has 1 N–H and O–H groups in total. The van der Waals surface area contributed by atoms with Gasteiger partial charge in [0.05, 0.1) is 0 Å². The molecule has 0 spiro atoms. The van der Waals surface area contributed by atoms with Crippen LogP contribution in [0.15, 0.2) is 64.5 Å². The van der Waals surface area contributed by atoms with Gasteiger partial charge in [-0.1, -0.05) is 40.5 Å². The Labute approximate surface area is 166 Å². The zero-order valence-corrected chi connectivity index (χ0v) is 15.4. The third-order valence-corrected chi connectivity index (χ3v) is 2.45. The van der Waals surface area contributed by atoms with Crippen molar-refractivity contribution in [3.05, 3.63) is 81.6 Å². The Kier molecular flexibility index (Phi) is 9.41. The molecule has 0 saturated carbocycles. The molecule has 0 atom stereocenters. The number of nitrogens with zero attached hydrogens (tertiary/aromatic N) is 3. The lowest BCUT2D eigenvalue weighted by atomic mass is 10.4. The van der Waals surface area contributed by atoms with Gasteiger partial charge in [-0.3, -0.25) is 0 Å². The van der Waals surface area contributed by atoms with Crippen molar-refractivity contribution in [1.82, 2.24) is 14.2 Å². The first-order valence-electron chi connectivity index (χ1n) is 7.35. The molecule has 1 aromatic heterocycles. The average Bonchev–Trinajstić information content (AvgIpc) is 2.71. The molecule has 0 aliphatic carbocycles. The summed E-state index contributed by atoms with van der Waals surface area (Å²) in [7, 11) is 0. The Bertz CT molecular complexity index is 940. The SMILES string of the molecule is C=C(C)C(=O)O.C=CC(=O)On1c(=O)n(OC(=O)C=C)c(=O)n(OC(=O)C=C)c1=O. The van der Waals surface area contributed by atoms with E-state index in [-0.39, 0.29) is 19.8 Å². The fraction of sp³-hybridized carbons (Fsp3) is 0.0625. The van der Waals surface area contributed by atoms with Gasteiger partial charge in [0.1, 0.15) is 0 Å². The first-order valence-corrected chi connectivity index (χ1v) is 7.35. The molecular weight excluding hydrogens is 410 g/mol. The highest BCUT2D eigenvalue weighted by molar-refractivity contribution is 5.84. The highest BCUT2D eigenvalue weighted by Gasteiger charge is 2.22. The standard InChI is InChI=1S/C12H9N3O9.C4H6O2/c1-4-7(16)22-13-10(19)14(23-8(17)5-2)12(21)15(11(13)20)24-9(18)6-3;1-3(2)4(5)6/h4-6H,1-3H2;1H2,2H3,(H,5,6). The summed E-state index contributed by atoms with van der Waals surface area (Å²) in [5.41, 5.74) is -4.82. The van der Waals surface area contributed by atoms with E-state index in [2.05, 4.69) is 40.8 Å². The van der Waals surface area contributed by atoms with Crippen LogP contribution in [0.3, 0.4) is 0 Å². The second-order valence-corrected chi connectivity index (χ2v) is 4.66. The smallest absolute Gasteiger partial charge is 0.405 e. The van der Waals surface area contributed by atoms with E-state index in [9.17, 15) is 33.6 Å². The largest absolute Gasteiger partial charge is 0.478 e. The van der Waals surface area contributed by atoms with Gasteiger partial charge in [0.25, 0.3) is 0 Å². The first kappa shape index (κ1) is 25.2. The summed E-state index contributed by atoms with van der Waals surface area (Å²) >= 11 is 0. The summed E-state index contributed by atoms with van der Waals surface area (Å²) in [5, 5.41) is 7.89. The van der Waals surface area contributed by atoms with Gasteiger partial charge in [0.2, 0.25) is 0 Å². The van der Waals surface area contributed by atoms with Crippen LogP contribution in [0.5, 0.6) is 0 Å². The van der Waals surface area contributed by atoms with Crippen LogP contribution >= 0.6 is 0 Å². The molecule has 0 fully saturated rings. The van der Waals surface area contributed by atoms with Gasteiger partial charge >= 0.3 is 40.9 Å². The van der Waals surface area contributed by atoms with Crippen LogP contribution in [0, 0.1) is 0 Å². The zero-order valence-electron chi connectivity index (χ0n) is 15.4. The van der Waals surface area contributed by atoms with Gasteiger partial charge < -0.3 is 19.6 Å². The lowest BCUT2D eigenvalue weighted by molar-refractivity contribution is -0.146. The Hall–Kier alpha value is -4.75. The minimum absolute atomic E-state index is 0.176. The molecule has 0 aromatic carbocycles. The van der Waals surface area contributed by atoms with Crippen molar-refractivity contribution in [2.45, 2.75) is 6.92 Å². The van der Waals surface area contributed by atoms with E-state index >= 15 is 0 Å². The van der Waals surface area contributed by atoms with Crippen LogP contribution in [-0.4, -0.2) is 43.2 Å². The Morgan fingerprint density at radius 1 is 0.733 bits per heavy atom. The molecule has 14 nitrogen and oxygen atoms in total. The first-order chi connectivity index (χ1) is 13.9. The predicted molar refractivity (Wildman–Crippen MR) is 97.0 cm³/mol. The topological polar surface area (TPSA) is 182 Å². The summed E-state index contributed by atoms with van der Waals surface area (Å²) in [6.07, 6.45) is 1.78. The molecular formula is C16H15N3O11. The number of carboxylic acid groups (broad SMARTS) is 1. The maximum absolute atomic E-state index is 11.9. The van der Waals surface area contributed by atoms with Crippen LogP contribution in [0.25, 0.3) is 0 Å². The number of aromatic nitrogens is 3. The number of rotatable bonds is 7. The minimum Gasteiger partial charge on any atom is -0.478 e. The number of aliphatic carboxylic acids is 1. The monoisotopic (exact) mass is 425 g/mol. The summed E-state index contributed by atoms with van der Waals surface area (Å²) in [6.45, 7) is 13.7. The molecule has 0 radical (unpaired) electrons. The van der Waals surface area contributed by atoms with Gasteiger partial charge in [-0.2, -0.15) is 0 Å². The second-order valence-electron chi connectivity index (χ2n) is 4.66. The number of hydrogen-bond acceptors (Lipinski definition) is 10. The van der Waals surface area contributed by atoms with Crippen molar-refractivity contribution < 1.29 is 38.8 Å². The van der Waals surface area contributed by atoms with Crippen LogP contribution in [0.1, 0.15) is 6.92 Å². The van der Waals surface area contributed by atoms with E-state index < -0.39 is 40.9 Å². The minimum atomic E-state index is -1.67. The number of carbonyl (C=O) groups is 4. The molecule has 0 bridgehead atoms. The highest BCUT2D eigenvalue weighted by atomic mass is 16.8. The van der Waals surface area contributed by atoms with Crippen LogP contribution in [0.2, 0.25) is 0 Å². The molecule has 0 aliphatic heterocycles. The van der Waals surface area contributed by atoms with Crippen LogP contribution in [0.4, 0.5) is 0 Å². The van der Waals surface area contributed by atoms with E-state index in [1.54, 1.807) is 0 Å². The van der Waals surface area contributed by atoms with Gasteiger partial charge in [0, 0.05) is 23.8 Å². The van der Waals surface area contributed by atoms with Crippen molar-refractivity contribution in [2.75, 3.05) is 0 Å². The van der Waals surface area contributed by atoms with E-state index in [4.69, 9.17) is 5.11 Å². The van der Waals surface area contributed by atoms with Gasteiger partial charge in [0.15, 0.2) is 0 Å². The molecule has 30 heavy (non-hydrogen) atoms. The normalized spacial score (nSPS) is 9.10. The van der Waals surface area contributed by atoms with Gasteiger partial charge in [-0.05, 0) is 6.92 Å².